The number of piperazine rings is 1. The number of aromatic nitrogens is 2. The Hall–Kier alpha value is -2.51. The molecule has 27 heavy (non-hydrogen) atoms. The second kappa shape index (κ2) is 8.02. The summed E-state index contributed by atoms with van der Waals surface area (Å²) in [5.41, 5.74) is 2.94. The number of rotatable bonds is 5. The van der Waals surface area contributed by atoms with Crippen LogP contribution in [0.2, 0.25) is 0 Å². The fourth-order valence-electron chi connectivity index (χ4n) is 3.34. The molecule has 1 aromatic heterocycles. The maximum Gasteiger partial charge on any atom is 0.123 e. The molecule has 0 amide bonds. The van der Waals surface area contributed by atoms with Crippen molar-refractivity contribution < 1.29 is 9.13 Å². The quantitative estimate of drug-likeness (QED) is 0.671. The van der Waals surface area contributed by atoms with E-state index >= 15 is 0 Å². The second-order valence-corrected chi connectivity index (χ2v) is 7.28. The summed E-state index contributed by atoms with van der Waals surface area (Å²) in [5.74, 6) is 0.641. The summed E-state index contributed by atoms with van der Waals surface area (Å²) >= 11 is 1.32. The topological polar surface area (TPSA) is 41.5 Å². The van der Waals surface area contributed by atoms with Crippen molar-refractivity contribution in [3.63, 3.8) is 0 Å². The normalized spacial score (nSPS) is 15.1. The van der Waals surface area contributed by atoms with Gasteiger partial charge >= 0.3 is 0 Å². The molecule has 0 unspecified atom stereocenters. The number of hydrogen-bond acceptors (Lipinski definition) is 6. The van der Waals surface area contributed by atoms with Crippen LogP contribution in [0, 0.1) is 5.82 Å². The van der Waals surface area contributed by atoms with Crippen molar-refractivity contribution in [3.05, 3.63) is 60.0 Å². The maximum atomic E-state index is 13.5. The van der Waals surface area contributed by atoms with E-state index in [0.29, 0.717) is 0 Å². The number of nitrogens with zero attached hydrogens (tertiary/aromatic N) is 4. The summed E-state index contributed by atoms with van der Waals surface area (Å²) in [6.45, 7) is 4.50. The Kier molecular flexibility index (Phi) is 5.31. The lowest BCUT2D eigenvalue weighted by Crippen LogP contribution is -2.46. The predicted molar refractivity (Wildman–Crippen MR) is 106 cm³/mol. The van der Waals surface area contributed by atoms with Crippen LogP contribution >= 0.6 is 11.5 Å². The van der Waals surface area contributed by atoms with Crippen LogP contribution in [0.4, 0.5) is 10.1 Å². The first-order valence-electron chi connectivity index (χ1n) is 8.91. The molecule has 0 aliphatic carbocycles. The Balaban J connectivity index is 1.41. The van der Waals surface area contributed by atoms with E-state index in [1.54, 1.807) is 19.2 Å². The lowest BCUT2D eigenvalue weighted by atomic mass is 10.1. The lowest BCUT2D eigenvalue weighted by Gasteiger charge is -2.36. The molecule has 3 aromatic rings. The molecule has 0 saturated carbocycles. The summed E-state index contributed by atoms with van der Waals surface area (Å²) < 4.78 is 23.0. The molecule has 5 nitrogen and oxygen atoms in total. The highest BCUT2D eigenvalue weighted by molar-refractivity contribution is 7.09. The summed E-state index contributed by atoms with van der Waals surface area (Å²) in [5, 5.41) is 4.29. The molecule has 0 radical (unpaired) electrons. The SMILES string of the molecule is COc1cccc(N2CCN(Cc3nnsc3-c3cccc(F)c3)CC2)c1. The Morgan fingerprint density at radius 3 is 2.67 bits per heavy atom. The van der Waals surface area contributed by atoms with E-state index in [9.17, 15) is 4.39 Å². The zero-order valence-electron chi connectivity index (χ0n) is 15.1. The van der Waals surface area contributed by atoms with Crippen molar-refractivity contribution in [2.45, 2.75) is 6.54 Å². The first-order valence-corrected chi connectivity index (χ1v) is 9.69. The molecule has 0 N–H and O–H groups in total. The third-order valence-electron chi connectivity index (χ3n) is 4.81. The van der Waals surface area contributed by atoms with E-state index in [0.717, 1.165) is 54.6 Å². The van der Waals surface area contributed by atoms with E-state index in [1.807, 2.05) is 18.2 Å². The van der Waals surface area contributed by atoms with Crippen LogP contribution in [0.1, 0.15) is 5.69 Å². The van der Waals surface area contributed by atoms with Crippen molar-refractivity contribution >= 4 is 17.2 Å². The van der Waals surface area contributed by atoms with Crippen LogP contribution in [-0.4, -0.2) is 47.8 Å². The molecular weight excluding hydrogens is 363 g/mol. The van der Waals surface area contributed by atoms with E-state index in [-0.39, 0.29) is 5.82 Å². The minimum absolute atomic E-state index is 0.237. The molecule has 0 spiro atoms. The van der Waals surface area contributed by atoms with Gasteiger partial charge in [-0.25, -0.2) is 4.39 Å². The average molecular weight is 384 g/mol. The third-order valence-corrected chi connectivity index (χ3v) is 5.62. The molecule has 1 fully saturated rings. The minimum Gasteiger partial charge on any atom is -0.497 e. The van der Waals surface area contributed by atoms with Gasteiger partial charge in [0.2, 0.25) is 0 Å². The van der Waals surface area contributed by atoms with Crippen molar-refractivity contribution in [3.8, 4) is 16.2 Å². The predicted octanol–water partition coefficient (Wildman–Crippen LogP) is 3.68. The molecule has 1 saturated heterocycles. The van der Waals surface area contributed by atoms with Gasteiger partial charge in [0, 0.05) is 44.5 Å². The maximum absolute atomic E-state index is 13.5. The molecule has 1 aliphatic rings. The highest BCUT2D eigenvalue weighted by Crippen LogP contribution is 2.28. The van der Waals surface area contributed by atoms with Gasteiger partial charge in [-0.3, -0.25) is 4.90 Å². The number of hydrogen-bond donors (Lipinski definition) is 0. The highest BCUT2D eigenvalue weighted by atomic mass is 32.1. The van der Waals surface area contributed by atoms with Gasteiger partial charge in [-0.1, -0.05) is 22.7 Å². The Morgan fingerprint density at radius 2 is 1.89 bits per heavy atom. The molecule has 0 bridgehead atoms. The summed E-state index contributed by atoms with van der Waals surface area (Å²) in [7, 11) is 1.69. The van der Waals surface area contributed by atoms with Gasteiger partial charge in [-0.15, -0.1) is 5.10 Å². The zero-order chi connectivity index (χ0) is 18.6. The second-order valence-electron chi connectivity index (χ2n) is 6.52. The minimum atomic E-state index is -0.237. The van der Waals surface area contributed by atoms with Gasteiger partial charge in [-0.05, 0) is 41.4 Å². The number of anilines is 1. The standard InChI is InChI=1S/C20H21FN4OS/c1-26-18-7-3-6-17(13-18)25-10-8-24(9-11-25)14-19-20(27-23-22-19)15-4-2-5-16(21)12-15/h2-7,12-13H,8-11,14H2,1H3. The van der Waals surface area contributed by atoms with E-state index < -0.39 is 0 Å². The van der Waals surface area contributed by atoms with Crippen molar-refractivity contribution in [1.82, 2.24) is 14.5 Å². The van der Waals surface area contributed by atoms with Crippen molar-refractivity contribution in [2.24, 2.45) is 0 Å². The van der Waals surface area contributed by atoms with Gasteiger partial charge in [0.15, 0.2) is 0 Å². The van der Waals surface area contributed by atoms with Crippen LogP contribution in [0.3, 0.4) is 0 Å². The van der Waals surface area contributed by atoms with Gasteiger partial charge in [0.25, 0.3) is 0 Å². The summed E-state index contributed by atoms with van der Waals surface area (Å²) in [4.78, 5) is 5.69. The molecule has 7 heteroatoms. The highest BCUT2D eigenvalue weighted by Gasteiger charge is 2.20. The fourth-order valence-corrected chi connectivity index (χ4v) is 4.01. The third kappa shape index (κ3) is 4.09. The molecule has 2 heterocycles. The number of ether oxygens (including phenoxy) is 1. The van der Waals surface area contributed by atoms with Gasteiger partial charge < -0.3 is 9.64 Å². The van der Waals surface area contributed by atoms with Gasteiger partial charge in [0.1, 0.15) is 11.6 Å². The number of methoxy groups -OCH3 is 1. The Labute approximate surface area is 162 Å². The van der Waals surface area contributed by atoms with E-state index in [1.165, 1.54) is 23.3 Å². The van der Waals surface area contributed by atoms with Crippen LogP contribution in [0.15, 0.2) is 48.5 Å². The average Bonchev–Trinajstić information content (AvgIpc) is 3.17. The summed E-state index contributed by atoms with van der Waals surface area (Å²) in [6, 6.07) is 14.8. The first-order chi connectivity index (χ1) is 13.2. The molecular formula is C20H21FN4OS. The Morgan fingerprint density at radius 1 is 1.07 bits per heavy atom. The largest absolute Gasteiger partial charge is 0.497 e. The fraction of sp³-hybridized carbons (Fsp3) is 0.300. The van der Waals surface area contributed by atoms with Crippen LogP contribution < -0.4 is 9.64 Å². The number of benzene rings is 2. The Bertz CT molecular complexity index is 908. The van der Waals surface area contributed by atoms with Crippen molar-refractivity contribution in [1.29, 1.82) is 0 Å². The molecule has 4 rings (SSSR count). The molecule has 2 aromatic carbocycles. The first kappa shape index (κ1) is 17.9. The van der Waals surface area contributed by atoms with Crippen LogP contribution in [-0.2, 0) is 6.54 Å². The summed E-state index contributed by atoms with van der Waals surface area (Å²) in [6.07, 6.45) is 0. The molecule has 1 aliphatic heterocycles. The van der Waals surface area contributed by atoms with E-state index in [2.05, 4.69) is 31.5 Å². The van der Waals surface area contributed by atoms with Crippen LogP contribution in [0.5, 0.6) is 5.75 Å². The monoisotopic (exact) mass is 384 g/mol. The van der Waals surface area contributed by atoms with Crippen molar-refractivity contribution in [2.75, 3.05) is 38.2 Å². The van der Waals surface area contributed by atoms with E-state index in [4.69, 9.17) is 4.74 Å². The smallest absolute Gasteiger partial charge is 0.123 e. The number of halogens is 1. The van der Waals surface area contributed by atoms with Gasteiger partial charge in [0.05, 0.1) is 17.7 Å². The molecule has 140 valence electrons. The van der Waals surface area contributed by atoms with Crippen LogP contribution in [0.25, 0.3) is 10.4 Å². The lowest BCUT2D eigenvalue weighted by molar-refractivity contribution is 0.247. The van der Waals surface area contributed by atoms with Gasteiger partial charge in [-0.2, -0.15) is 0 Å². The molecule has 0 atom stereocenters. The zero-order valence-corrected chi connectivity index (χ0v) is 16.0.